The molecular formula is C13H18ClNO4. The van der Waals surface area contributed by atoms with E-state index < -0.39 is 5.97 Å². The highest BCUT2D eigenvalue weighted by Gasteiger charge is 2.08. The number of ether oxygens (including phenoxy) is 3. The topological polar surface area (TPSA) is 70.8 Å². The molecule has 2 N–H and O–H groups in total. The van der Waals surface area contributed by atoms with Gasteiger partial charge in [0.15, 0.2) is 0 Å². The van der Waals surface area contributed by atoms with Crippen molar-refractivity contribution in [3.63, 3.8) is 0 Å². The molecule has 0 fully saturated rings. The minimum absolute atomic E-state index is 0.202. The summed E-state index contributed by atoms with van der Waals surface area (Å²) in [7, 11) is 1.64. The van der Waals surface area contributed by atoms with Crippen LogP contribution in [0.4, 0.5) is 5.69 Å². The monoisotopic (exact) mass is 287 g/mol. The second kappa shape index (κ2) is 8.74. The number of nitrogens with two attached hydrogens (primary N) is 1. The Balaban J connectivity index is 2.22. The van der Waals surface area contributed by atoms with Crippen LogP contribution in [0.5, 0.6) is 0 Å². The Kier molecular flexibility index (Phi) is 7.25. The quantitative estimate of drug-likeness (QED) is 0.450. The normalized spacial score (nSPS) is 10.4. The number of hydrogen-bond donors (Lipinski definition) is 1. The average Bonchev–Trinajstić information content (AvgIpc) is 2.40. The van der Waals surface area contributed by atoms with E-state index in [2.05, 4.69) is 0 Å². The number of hydrogen-bond acceptors (Lipinski definition) is 5. The fraction of sp³-hybridized carbons (Fsp3) is 0.462. The van der Waals surface area contributed by atoms with Crippen molar-refractivity contribution in [1.82, 2.24) is 0 Å². The number of benzene rings is 1. The molecule has 0 aliphatic heterocycles. The lowest BCUT2D eigenvalue weighted by Gasteiger charge is -2.07. The molecule has 6 heteroatoms. The minimum Gasteiger partial charge on any atom is -0.460 e. The zero-order chi connectivity index (χ0) is 14.1. The summed E-state index contributed by atoms with van der Waals surface area (Å²) in [5, 5.41) is 0.338. The van der Waals surface area contributed by atoms with Gasteiger partial charge in [0, 0.05) is 20.3 Å². The molecule has 0 unspecified atom stereocenters. The van der Waals surface area contributed by atoms with Gasteiger partial charge >= 0.3 is 5.97 Å². The van der Waals surface area contributed by atoms with E-state index >= 15 is 0 Å². The van der Waals surface area contributed by atoms with Gasteiger partial charge in [0.05, 0.1) is 22.9 Å². The number of methoxy groups -OCH3 is 1. The van der Waals surface area contributed by atoms with Crippen molar-refractivity contribution in [3.05, 3.63) is 28.8 Å². The number of esters is 1. The van der Waals surface area contributed by atoms with Crippen LogP contribution < -0.4 is 5.73 Å². The summed E-state index contributed by atoms with van der Waals surface area (Å²) in [6, 6.07) is 4.63. The van der Waals surface area contributed by atoms with Crippen LogP contribution in [0.25, 0.3) is 0 Å². The third kappa shape index (κ3) is 5.92. The summed E-state index contributed by atoms with van der Waals surface area (Å²) >= 11 is 5.82. The van der Waals surface area contributed by atoms with Gasteiger partial charge in [0.2, 0.25) is 0 Å². The fourth-order valence-electron chi connectivity index (χ4n) is 1.34. The Morgan fingerprint density at radius 2 is 2.05 bits per heavy atom. The van der Waals surface area contributed by atoms with Crippen LogP contribution in [0.2, 0.25) is 5.02 Å². The standard InChI is InChI=1S/C13H18ClNO4/c1-17-5-2-6-18-7-8-19-13(16)10-3-4-12(15)11(14)9-10/h3-4,9H,2,5-8,15H2,1H3. The molecule has 0 radical (unpaired) electrons. The molecular weight excluding hydrogens is 270 g/mol. The van der Waals surface area contributed by atoms with Crippen molar-refractivity contribution in [1.29, 1.82) is 0 Å². The van der Waals surface area contributed by atoms with Gasteiger partial charge < -0.3 is 19.9 Å². The van der Waals surface area contributed by atoms with Crippen molar-refractivity contribution in [2.24, 2.45) is 0 Å². The number of nitrogen functional groups attached to an aromatic ring is 1. The smallest absolute Gasteiger partial charge is 0.338 e. The molecule has 0 saturated heterocycles. The zero-order valence-corrected chi connectivity index (χ0v) is 11.6. The molecule has 1 rings (SSSR count). The SMILES string of the molecule is COCCCOCCOC(=O)c1ccc(N)c(Cl)c1. The Bertz CT molecular complexity index is 412. The first-order chi connectivity index (χ1) is 9.15. The first kappa shape index (κ1) is 15.8. The van der Waals surface area contributed by atoms with Gasteiger partial charge in [-0.2, -0.15) is 0 Å². The van der Waals surface area contributed by atoms with Crippen LogP contribution in [0.3, 0.4) is 0 Å². The highest BCUT2D eigenvalue weighted by molar-refractivity contribution is 6.33. The Labute approximate surface area is 117 Å². The molecule has 0 aromatic heterocycles. The molecule has 0 spiro atoms. The predicted molar refractivity (Wildman–Crippen MR) is 73.5 cm³/mol. The van der Waals surface area contributed by atoms with Crippen molar-refractivity contribution >= 4 is 23.3 Å². The molecule has 0 aliphatic carbocycles. The molecule has 19 heavy (non-hydrogen) atoms. The van der Waals surface area contributed by atoms with Gasteiger partial charge in [-0.05, 0) is 24.6 Å². The molecule has 106 valence electrons. The molecule has 1 aromatic carbocycles. The third-order valence-electron chi connectivity index (χ3n) is 2.33. The van der Waals surface area contributed by atoms with Crippen molar-refractivity contribution in [2.75, 3.05) is 39.3 Å². The number of halogens is 1. The van der Waals surface area contributed by atoms with Crippen LogP contribution in [-0.4, -0.2) is 39.5 Å². The molecule has 0 atom stereocenters. The summed E-state index contributed by atoms with van der Waals surface area (Å²) < 4.78 is 15.2. The average molecular weight is 288 g/mol. The van der Waals surface area contributed by atoms with Crippen molar-refractivity contribution in [3.8, 4) is 0 Å². The summed E-state index contributed by atoms with van der Waals surface area (Å²) in [4.78, 5) is 11.6. The minimum atomic E-state index is -0.442. The molecule has 0 saturated carbocycles. The number of carbonyl (C=O) groups excluding carboxylic acids is 1. The van der Waals surface area contributed by atoms with Gasteiger partial charge in [-0.1, -0.05) is 11.6 Å². The lowest BCUT2D eigenvalue weighted by molar-refractivity contribution is 0.0288. The molecule has 0 heterocycles. The lowest BCUT2D eigenvalue weighted by Crippen LogP contribution is -2.12. The first-order valence-electron chi connectivity index (χ1n) is 5.94. The van der Waals surface area contributed by atoms with E-state index in [9.17, 15) is 4.79 Å². The Morgan fingerprint density at radius 3 is 2.74 bits per heavy atom. The Morgan fingerprint density at radius 1 is 1.26 bits per heavy atom. The first-order valence-corrected chi connectivity index (χ1v) is 6.31. The van der Waals surface area contributed by atoms with E-state index in [1.165, 1.54) is 6.07 Å². The second-order valence-electron chi connectivity index (χ2n) is 3.83. The maximum atomic E-state index is 11.6. The van der Waals surface area contributed by atoms with Crippen LogP contribution >= 0.6 is 11.6 Å². The van der Waals surface area contributed by atoms with Gasteiger partial charge in [-0.25, -0.2) is 4.79 Å². The van der Waals surface area contributed by atoms with Crippen LogP contribution in [0.15, 0.2) is 18.2 Å². The van der Waals surface area contributed by atoms with Gasteiger partial charge in [0.1, 0.15) is 6.61 Å². The maximum absolute atomic E-state index is 11.6. The van der Waals surface area contributed by atoms with Crippen molar-refractivity contribution in [2.45, 2.75) is 6.42 Å². The molecule has 0 bridgehead atoms. The summed E-state index contributed by atoms with van der Waals surface area (Å²) in [5.41, 5.74) is 6.36. The summed E-state index contributed by atoms with van der Waals surface area (Å²) in [5.74, 6) is -0.442. The number of rotatable bonds is 8. The molecule has 0 aliphatic rings. The fourth-order valence-corrected chi connectivity index (χ4v) is 1.52. The maximum Gasteiger partial charge on any atom is 0.338 e. The number of anilines is 1. The number of carbonyl (C=O) groups is 1. The summed E-state index contributed by atoms with van der Waals surface area (Å²) in [6.45, 7) is 1.80. The van der Waals surface area contributed by atoms with E-state index in [1.807, 2.05) is 0 Å². The van der Waals surface area contributed by atoms with Gasteiger partial charge in [0.25, 0.3) is 0 Å². The van der Waals surface area contributed by atoms with Gasteiger partial charge in [-0.3, -0.25) is 0 Å². The zero-order valence-electron chi connectivity index (χ0n) is 10.9. The van der Waals surface area contributed by atoms with E-state index in [0.29, 0.717) is 36.1 Å². The Hall–Kier alpha value is -1.30. The predicted octanol–water partition coefficient (Wildman–Crippen LogP) is 2.13. The van der Waals surface area contributed by atoms with Crippen LogP contribution in [-0.2, 0) is 14.2 Å². The highest BCUT2D eigenvalue weighted by atomic mass is 35.5. The van der Waals surface area contributed by atoms with Crippen molar-refractivity contribution < 1.29 is 19.0 Å². The molecule has 1 aromatic rings. The van der Waals surface area contributed by atoms with E-state index in [4.69, 9.17) is 31.5 Å². The largest absolute Gasteiger partial charge is 0.460 e. The second-order valence-corrected chi connectivity index (χ2v) is 4.24. The van der Waals surface area contributed by atoms with Crippen LogP contribution in [0.1, 0.15) is 16.8 Å². The molecule has 5 nitrogen and oxygen atoms in total. The van der Waals surface area contributed by atoms with Gasteiger partial charge in [-0.15, -0.1) is 0 Å². The summed E-state index contributed by atoms with van der Waals surface area (Å²) in [6.07, 6.45) is 0.817. The highest BCUT2D eigenvalue weighted by Crippen LogP contribution is 2.19. The third-order valence-corrected chi connectivity index (χ3v) is 2.66. The van der Waals surface area contributed by atoms with E-state index in [0.717, 1.165) is 6.42 Å². The van der Waals surface area contributed by atoms with Crippen LogP contribution in [0, 0.1) is 0 Å². The lowest BCUT2D eigenvalue weighted by atomic mass is 10.2. The van der Waals surface area contributed by atoms with E-state index in [-0.39, 0.29) is 6.61 Å². The molecule has 0 amide bonds. The van der Waals surface area contributed by atoms with E-state index in [1.54, 1.807) is 19.2 Å².